The van der Waals surface area contributed by atoms with Crippen LogP contribution in [-0.4, -0.2) is 32.2 Å². The molecule has 2 aromatic rings. The summed E-state index contributed by atoms with van der Waals surface area (Å²) in [6, 6.07) is 1.41. The topological polar surface area (TPSA) is 55.6 Å². The van der Waals surface area contributed by atoms with E-state index in [-0.39, 0.29) is 11.9 Å². The van der Waals surface area contributed by atoms with E-state index in [2.05, 4.69) is 20.6 Å². The van der Waals surface area contributed by atoms with Crippen molar-refractivity contribution in [3.8, 4) is 0 Å². The fourth-order valence-corrected chi connectivity index (χ4v) is 2.67. The molecule has 0 radical (unpaired) electrons. The molecular weight excluding hydrogens is 333 g/mol. The Morgan fingerprint density at radius 1 is 1.17 bits per heavy atom. The second-order valence-electron chi connectivity index (χ2n) is 5.81. The minimum atomic E-state index is -5.63. The second-order valence-corrected chi connectivity index (χ2v) is 5.81. The largest absolute Gasteiger partial charge is 0.458 e. The molecule has 0 amide bonds. The Labute approximate surface area is 133 Å². The molecule has 24 heavy (non-hydrogen) atoms. The van der Waals surface area contributed by atoms with Gasteiger partial charge >= 0.3 is 12.1 Å². The third-order valence-corrected chi connectivity index (χ3v) is 3.98. The second kappa shape index (κ2) is 5.99. The monoisotopic (exact) mass is 347 g/mol. The standard InChI is InChI=1S/C14H14F5N5/c15-13(16,14(17,18)19)10-1-2-20-12(7-10)22-11-5-9(6-11)8-24-4-3-21-23-24/h1-4,7,9,11H,5-6,8H2,(H,20,22). The first-order chi connectivity index (χ1) is 11.3. The first-order valence-electron chi connectivity index (χ1n) is 7.27. The molecule has 130 valence electrons. The highest BCUT2D eigenvalue weighted by atomic mass is 19.4. The van der Waals surface area contributed by atoms with Gasteiger partial charge in [-0.3, -0.25) is 4.68 Å². The zero-order valence-corrected chi connectivity index (χ0v) is 12.3. The third kappa shape index (κ3) is 3.31. The van der Waals surface area contributed by atoms with Gasteiger partial charge in [-0.2, -0.15) is 22.0 Å². The zero-order chi connectivity index (χ0) is 17.4. The molecule has 0 atom stereocenters. The lowest BCUT2D eigenvalue weighted by Crippen LogP contribution is -2.38. The van der Waals surface area contributed by atoms with Crippen molar-refractivity contribution < 1.29 is 22.0 Å². The van der Waals surface area contributed by atoms with Crippen LogP contribution in [0.5, 0.6) is 0 Å². The average molecular weight is 347 g/mol. The summed E-state index contributed by atoms with van der Waals surface area (Å²) in [7, 11) is 0. The van der Waals surface area contributed by atoms with E-state index >= 15 is 0 Å². The van der Waals surface area contributed by atoms with Crippen LogP contribution in [0.1, 0.15) is 18.4 Å². The number of halogens is 5. The van der Waals surface area contributed by atoms with Crippen LogP contribution in [0.25, 0.3) is 0 Å². The van der Waals surface area contributed by atoms with Crippen LogP contribution in [0.2, 0.25) is 0 Å². The van der Waals surface area contributed by atoms with E-state index in [1.165, 1.54) is 0 Å². The predicted octanol–water partition coefficient (Wildman–Crippen LogP) is 3.22. The molecule has 1 saturated carbocycles. The molecule has 1 N–H and O–H groups in total. The lowest BCUT2D eigenvalue weighted by molar-refractivity contribution is -0.289. The quantitative estimate of drug-likeness (QED) is 0.844. The Morgan fingerprint density at radius 2 is 1.92 bits per heavy atom. The number of pyridine rings is 1. The van der Waals surface area contributed by atoms with E-state index < -0.39 is 17.7 Å². The maximum Gasteiger partial charge on any atom is 0.458 e. The van der Waals surface area contributed by atoms with Gasteiger partial charge in [-0.25, -0.2) is 4.98 Å². The van der Waals surface area contributed by atoms with E-state index in [1.54, 1.807) is 17.1 Å². The average Bonchev–Trinajstić information content (AvgIpc) is 2.97. The van der Waals surface area contributed by atoms with Crippen molar-refractivity contribution >= 4 is 5.82 Å². The number of aromatic nitrogens is 4. The molecule has 0 unspecified atom stereocenters. The number of hydrogen-bond donors (Lipinski definition) is 1. The molecule has 0 aliphatic heterocycles. The van der Waals surface area contributed by atoms with Crippen LogP contribution in [0, 0.1) is 5.92 Å². The maximum absolute atomic E-state index is 13.4. The van der Waals surface area contributed by atoms with Gasteiger partial charge in [0.15, 0.2) is 0 Å². The number of hydrogen-bond acceptors (Lipinski definition) is 4. The third-order valence-electron chi connectivity index (χ3n) is 3.98. The summed E-state index contributed by atoms with van der Waals surface area (Å²) in [5.74, 6) is -4.54. The van der Waals surface area contributed by atoms with Crippen LogP contribution in [0.4, 0.5) is 27.8 Å². The van der Waals surface area contributed by atoms with Gasteiger partial charge in [0.2, 0.25) is 0 Å². The minimum Gasteiger partial charge on any atom is -0.367 e. The lowest BCUT2D eigenvalue weighted by atomic mass is 9.80. The van der Waals surface area contributed by atoms with Gasteiger partial charge in [-0.1, -0.05) is 5.21 Å². The number of alkyl halides is 5. The Hall–Kier alpha value is -2.26. The molecule has 3 rings (SSSR count). The van der Waals surface area contributed by atoms with Crippen LogP contribution < -0.4 is 5.32 Å². The Balaban J connectivity index is 1.58. The summed E-state index contributed by atoms with van der Waals surface area (Å²) < 4.78 is 65.7. The first kappa shape index (κ1) is 16.6. The molecule has 0 aromatic carbocycles. The summed E-state index contributed by atoms with van der Waals surface area (Å²) in [6.07, 6.45) is 0.131. The summed E-state index contributed by atoms with van der Waals surface area (Å²) >= 11 is 0. The Bertz CT molecular complexity index is 679. The molecule has 0 saturated heterocycles. The minimum absolute atomic E-state index is 0.0132. The van der Waals surface area contributed by atoms with Gasteiger partial charge in [0.05, 0.1) is 6.20 Å². The number of nitrogens with zero attached hydrogens (tertiary/aromatic N) is 4. The predicted molar refractivity (Wildman–Crippen MR) is 74.3 cm³/mol. The molecule has 1 fully saturated rings. The van der Waals surface area contributed by atoms with Crippen molar-refractivity contribution in [3.05, 3.63) is 36.3 Å². The Kier molecular flexibility index (Phi) is 4.14. The van der Waals surface area contributed by atoms with E-state index in [4.69, 9.17) is 0 Å². The Morgan fingerprint density at radius 3 is 2.54 bits per heavy atom. The molecule has 1 aliphatic rings. The molecule has 10 heteroatoms. The van der Waals surface area contributed by atoms with Crippen LogP contribution in [0.15, 0.2) is 30.7 Å². The summed E-state index contributed by atoms with van der Waals surface area (Å²) in [6.45, 7) is 0.692. The molecule has 0 bridgehead atoms. The SMILES string of the molecule is FC(F)(F)C(F)(F)c1ccnc(NC2CC(Cn3ccnn3)C2)c1. The van der Waals surface area contributed by atoms with E-state index in [1.807, 2.05) is 0 Å². The molecule has 5 nitrogen and oxygen atoms in total. The summed E-state index contributed by atoms with van der Waals surface area (Å²) in [5, 5.41) is 10.4. The van der Waals surface area contributed by atoms with Gasteiger partial charge in [0.25, 0.3) is 0 Å². The van der Waals surface area contributed by atoms with E-state index in [0.29, 0.717) is 18.5 Å². The van der Waals surface area contributed by atoms with Gasteiger partial charge in [0.1, 0.15) is 5.82 Å². The van der Waals surface area contributed by atoms with Crippen molar-refractivity contribution in [2.24, 2.45) is 5.92 Å². The summed E-state index contributed by atoms with van der Waals surface area (Å²) in [4.78, 5) is 3.82. The summed E-state index contributed by atoms with van der Waals surface area (Å²) in [5.41, 5.74) is -1.12. The highest BCUT2D eigenvalue weighted by Crippen LogP contribution is 2.44. The van der Waals surface area contributed by atoms with Crippen LogP contribution in [-0.2, 0) is 12.5 Å². The fourth-order valence-electron chi connectivity index (χ4n) is 2.67. The van der Waals surface area contributed by atoms with Crippen molar-refractivity contribution in [1.29, 1.82) is 0 Å². The lowest BCUT2D eigenvalue weighted by Gasteiger charge is -2.36. The normalized spacial score (nSPS) is 21.4. The van der Waals surface area contributed by atoms with Gasteiger partial charge in [0, 0.05) is 30.5 Å². The molecular formula is C14H14F5N5. The molecule has 0 spiro atoms. The number of anilines is 1. The fraction of sp³-hybridized carbons (Fsp3) is 0.500. The first-order valence-corrected chi connectivity index (χ1v) is 7.27. The van der Waals surface area contributed by atoms with Gasteiger partial charge in [-0.15, -0.1) is 5.10 Å². The highest BCUT2D eigenvalue weighted by Gasteiger charge is 2.58. The van der Waals surface area contributed by atoms with Crippen molar-refractivity contribution in [1.82, 2.24) is 20.0 Å². The zero-order valence-electron chi connectivity index (χ0n) is 12.3. The maximum atomic E-state index is 13.4. The number of rotatable bonds is 5. The van der Waals surface area contributed by atoms with E-state index in [0.717, 1.165) is 25.1 Å². The molecule has 2 heterocycles. The van der Waals surface area contributed by atoms with Crippen molar-refractivity contribution in [2.75, 3.05) is 5.32 Å². The van der Waals surface area contributed by atoms with Crippen molar-refractivity contribution in [3.63, 3.8) is 0 Å². The highest BCUT2D eigenvalue weighted by molar-refractivity contribution is 5.41. The number of nitrogens with one attached hydrogen (secondary N) is 1. The van der Waals surface area contributed by atoms with Crippen LogP contribution in [0.3, 0.4) is 0 Å². The molecule has 2 aromatic heterocycles. The molecule has 1 aliphatic carbocycles. The van der Waals surface area contributed by atoms with Gasteiger partial charge in [-0.05, 0) is 30.9 Å². The van der Waals surface area contributed by atoms with E-state index in [9.17, 15) is 22.0 Å². The smallest absolute Gasteiger partial charge is 0.367 e. The van der Waals surface area contributed by atoms with Crippen LogP contribution >= 0.6 is 0 Å². The van der Waals surface area contributed by atoms with Crippen molar-refractivity contribution in [2.45, 2.75) is 37.5 Å². The van der Waals surface area contributed by atoms with Gasteiger partial charge < -0.3 is 5.32 Å².